The average Bonchev–Trinajstić information content (AvgIpc) is 2.37. The van der Waals surface area contributed by atoms with Crippen LogP contribution in [0.3, 0.4) is 0 Å². The standard InChI is InChI=1S/C16H32N2O/c1-4-13(10-12-17)8-9-15(19)18-14-7-5-6-11-16(14,2)3/h13-14H,4-12,17H2,1-3H3,(H,18,19). The number of rotatable bonds is 7. The van der Waals surface area contributed by atoms with E-state index in [1.54, 1.807) is 0 Å². The first kappa shape index (κ1) is 16.5. The van der Waals surface area contributed by atoms with Crippen molar-refractivity contribution < 1.29 is 4.79 Å². The molecule has 0 spiro atoms. The van der Waals surface area contributed by atoms with E-state index < -0.39 is 0 Å². The minimum atomic E-state index is 0.232. The van der Waals surface area contributed by atoms with E-state index in [2.05, 4.69) is 26.1 Å². The van der Waals surface area contributed by atoms with Crippen LogP contribution in [-0.4, -0.2) is 18.5 Å². The van der Waals surface area contributed by atoms with Crippen LogP contribution < -0.4 is 11.1 Å². The van der Waals surface area contributed by atoms with Crippen molar-refractivity contribution in [2.45, 2.75) is 78.2 Å². The molecule has 3 N–H and O–H groups in total. The summed E-state index contributed by atoms with van der Waals surface area (Å²) in [7, 11) is 0. The van der Waals surface area contributed by atoms with E-state index in [4.69, 9.17) is 5.73 Å². The third kappa shape index (κ3) is 5.52. The van der Waals surface area contributed by atoms with E-state index >= 15 is 0 Å². The molecular weight excluding hydrogens is 236 g/mol. The van der Waals surface area contributed by atoms with Crippen LogP contribution in [0.2, 0.25) is 0 Å². The molecule has 1 rings (SSSR count). The summed E-state index contributed by atoms with van der Waals surface area (Å²) in [5.41, 5.74) is 5.86. The van der Waals surface area contributed by atoms with Crippen LogP contribution in [0.15, 0.2) is 0 Å². The number of carbonyl (C=O) groups is 1. The molecule has 112 valence electrons. The van der Waals surface area contributed by atoms with Gasteiger partial charge in [0.2, 0.25) is 5.91 Å². The lowest BCUT2D eigenvalue weighted by Crippen LogP contribution is -2.46. The summed E-state index contributed by atoms with van der Waals surface area (Å²) in [5, 5.41) is 3.26. The quantitative estimate of drug-likeness (QED) is 0.745. The maximum atomic E-state index is 12.1. The summed E-state index contributed by atoms with van der Waals surface area (Å²) >= 11 is 0. The number of amides is 1. The first-order chi connectivity index (χ1) is 8.99. The Bertz CT molecular complexity index is 276. The number of nitrogens with one attached hydrogen (secondary N) is 1. The molecule has 3 nitrogen and oxygen atoms in total. The third-order valence-corrected chi connectivity index (χ3v) is 4.77. The SMILES string of the molecule is CCC(CCN)CCC(=O)NC1CCCCC1(C)C. The van der Waals surface area contributed by atoms with Crippen LogP contribution in [0.5, 0.6) is 0 Å². The summed E-state index contributed by atoms with van der Waals surface area (Å²) in [6.45, 7) is 7.47. The lowest BCUT2D eigenvalue weighted by Gasteiger charge is -2.39. The zero-order valence-corrected chi connectivity index (χ0v) is 13.0. The first-order valence-corrected chi connectivity index (χ1v) is 7.99. The van der Waals surface area contributed by atoms with Gasteiger partial charge in [-0.2, -0.15) is 0 Å². The van der Waals surface area contributed by atoms with E-state index in [1.165, 1.54) is 19.3 Å². The van der Waals surface area contributed by atoms with E-state index in [0.717, 1.165) is 32.2 Å². The average molecular weight is 268 g/mol. The highest BCUT2D eigenvalue weighted by Crippen LogP contribution is 2.35. The fourth-order valence-electron chi connectivity index (χ4n) is 3.15. The molecule has 3 heteroatoms. The van der Waals surface area contributed by atoms with Gasteiger partial charge in [-0.1, -0.05) is 40.0 Å². The van der Waals surface area contributed by atoms with Gasteiger partial charge in [-0.05, 0) is 43.6 Å². The minimum absolute atomic E-state index is 0.232. The van der Waals surface area contributed by atoms with Crippen molar-refractivity contribution in [3.05, 3.63) is 0 Å². The molecule has 0 heterocycles. The predicted molar refractivity (Wildman–Crippen MR) is 80.9 cm³/mol. The zero-order chi connectivity index (χ0) is 14.3. The minimum Gasteiger partial charge on any atom is -0.353 e. The molecule has 0 aliphatic heterocycles. The second kappa shape index (κ2) is 7.88. The predicted octanol–water partition coefficient (Wildman–Crippen LogP) is 3.23. The van der Waals surface area contributed by atoms with E-state index in [1.807, 2.05) is 0 Å². The van der Waals surface area contributed by atoms with Crippen molar-refractivity contribution in [2.24, 2.45) is 17.1 Å². The second-order valence-electron chi connectivity index (χ2n) is 6.74. The van der Waals surface area contributed by atoms with Gasteiger partial charge >= 0.3 is 0 Å². The Kier molecular flexibility index (Phi) is 6.84. The molecule has 0 saturated heterocycles. The molecule has 0 radical (unpaired) electrons. The highest BCUT2D eigenvalue weighted by atomic mass is 16.1. The van der Waals surface area contributed by atoms with E-state index in [-0.39, 0.29) is 11.3 Å². The molecule has 2 atom stereocenters. The molecule has 1 aliphatic carbocycles. The molecule has 19 heavy (non-hydrogen) atoms. The maximum absolute atomic E-state index is 12.1. The van der Waals surface area contributed by atoms with Gasteiger partial charge in [-0.15, -0.1) is 0 Å². The van der Waals surface area contributed by atoms with Gasteiger partial charge in [0.1, 0.15) is 0 Å². The molecule has 0 aromatic heterocycles. The summed E-state index contributed by atoms with van der Waals surface area (Å²) in [5.74, 6) is 0.838. The Hall–Kier alpha value is -0.570. The smallest absolute Gasteiger partial charge is 0.220 e. The van der Waals surface area contributed by atoms with Gasteiger partial charge in [0.05, 0.1) is 0 Å². The van der Waals surface area contributed by atoms with Gasteiger partial charge in [0.25, 0.3) is 0 Å². The molecule has 1 aliphatic rings. The van der Waals surface area contributed by atoms with Crippen LogP contribution in [0.1, 0.15) is 72.1 Å². The number of hydrogen-bond acceptors (Lipinski definition) is 2. The molecule has 0 aromatic carbocycles. The molecule has 1 fully saturated rings. The molecule has 2 unspecified atom stereocenters. The largest absolute Gasteiger partial charge is 0.353 e. The van der Waals surface area contributed by atoms with Crippen molar-refractivity contribution in [3.8, 4) is 0 Å². The van der Waals surface area contributed by atoms with Crippen LogP contribution in [0.25, 0.3) is 0 Å². The highest BCUT2D eigenvalue weighted by molar-refractivity contribution is 5.76. The van der Waals surface area contributed by atoms with Gasteiger partial charge in [-0.3, -0.25) is 4.79 Å². The van der Waals surface area contributed by atoms with Crippen LogP contribution >= 0.6 is 0 Å². The highest BCUT2D eigenvalue weighted by Gasteiger charge is 2.32. The van der Waals surface area contributed by atoms with Gasteiger partial charge < -0.3 is 11.1 Å². The second-order valence-corrected chi connectivity index (χ2v) is 6.74. The number of nitrogens with two attached hydrogens (primary N) is 1. The number of carbonyl (C=O) groups excluding carboxylic acids is 1. The van der Waals surface area contributed by atoms with Gasteiger partial charge in [0, 0.05) is 12.5 Å². The lowest BCUT2D eigenvalue weighted by molar-refractivity contribution is -0.123. The summed E-state index contributed by atoms with van der Waals surface area (Å²) in [4.78, 5) is 12.1. The van der Waals surface area contributed by atoms with E-state index in [0.29, 0.717) is 18.4 Å². The Balaban J connectivity index is 2.34. The normalized spacial score (nSPS) is 23.9. The fraction of sp³-hybridized carbons (Fsp3) is 0.938. The molecule has 1 saturated carbocycles. The first-order valence-electron chi connectivity index (χ1n) is 7.99. The fourth-order valence-corrected chi connectivity index (χ4v) is 3.15. The monoisotopic (exact) mass is 268 g/mol. The third-order valence-electron chi connectivity index (χ3n) is 4.77. The van der Waals surface area contributed by atoms with Crippen LogP contribution in [0.4, 0.5) is 0 Å². The molecular formula is C16H32N2O. The van der Waals surface area contributed by atoms with Crippen molar-refractivity contribution >= 4 is 5.91 Å². The Morgan fingerprint density at radius 1 is 1.37 bits per heavy atom. The lowest BCUT2D eigenvalue weighted by atomic mass is 9.73. The Morgan fingerprint density at radius 3 is 2.68 bits per heavy atom. The molecule has 0 aromatic rings. The van der Waals surface area contributed by atoms with Crippen LogP contribution in [-0.2, 0) is 4.79 Å². The topological polar surface area (TPSA) is 55.1 Å². The summed E-state index contributed by atoms with van der Waals surface area (Å²) in [6, 6.07) is 0.364. The van der Waals surface area contributed by atoms with Gasteiger partial charge in [-0.25, -0.2) is 0 Å². The molecule has 1 amide bonds. The summed E-state index contributed by atoms with van der Waals surface area (Å²) < 4.78 is 0. The molecule has 0 bridgehead atoms. The van der Waals surface area contributed by atoms with Crippen LogP contribution in [0, 0.1) is 11.3 Å². The van der Waals surface area contributed by atoms with Crippen molar-refractivity contribution in [2.75, 3.05) is 6.54 Å². The Labute approximate surface area is 118 Å². The number of hydrogen-bond donors (Lipinski definition) is 2. The van der Waals surface area contributed by atoms with Gasteiger partial charge in [0.15, 0.2) is 0 Å². The van der Waals surface area contributed by atoms with Crippen molar-refractivity contribution in [1.82, 2.24) is 5.32 Å². The Morgan fingerprint density at radius 2 is 2.11 bits per heavy atom. The van der Waals surface area contributed by atoms with Crippen molar-refractivity contribution in [3.63, 3.8) is 0 Å². The zero-order valence-electron chi connectivity index (χ0n) is 13.0. The maximum Gasteiger partial charge on any atom is 0.220 e. The summed E-state index contributed by atoms with van der Waals surface area (Å²) in [6.07, 6.45) is 8.71. The van der Waals surface area contributed by atoms with E-state index in [9.17, 15) is 4.79 Å². The van der Waals surface area contributed by atoms with Crippen molar-refractivity contribution in [1.29, 1.82) is 0 Å².